The van der Waals surface area contributed by atoms with E-state index in [1.807, 2.05) is 32.0 Å². The van der Waals surface area contributed by atoms with Gasteiger partial charge in [-0.15, -0.1) is 0 Å². The van der Waals surface area contributed by atoms with E-state index in [0.29, 0.717) is 15.7 Å². The molecule has 6 heteroatoms. The van der Waals surface area contributed by atoms with Crippen LogP contribution >= 0.6 is 23.2 Å². The molecule has 1 heterocycles. The summed E-state index contributed by atoms with van der Waals surface area (Å²) in [6.07, 6.45) is 0. The fourth-order valence-electron chi connectivity index (χ4n) is 2.87. The number of amides is 1. The van der Waals surface area contributed by atoms with Gasteiger partial charge in [0.15, 0.2) is 0 Å². The van der Waals surface area contributed by atoms with Gasteiger partial charge in [0, 0.05) is 16.5 Å². The summed E-state index contributed by atoms with van der Waals surface area (Å²) in [4.78, 5) is 24.9. The van der Waals surface area contributed by atoms with Crippen LogP contribution in [-0.2, 0) is 11.3 Å². The highest BCUT2D eigenvalue weighted by molar-refractivity contribution is 6.36. The lowest BCUT2D eigenvalue weighted by Gasteiger charge is -2.14. The van der Waals surface area contributed by atoms with Crippen LogP contribution in [0.5, 0.6) is 0 Å². The molecule has 0 unspecified atom stereocenters. The second kappa shape index (κ2) is 6.90. The molecule has 128 valence electrons. The lowest BCUT2D eigenvalue weighted by Crippen LogP contribution is -2.28. The molecule has 4 nitrogen and oxygen atoms in total. The summed E-state index contributed by atoms with van der Waals surface area (Å²) in [5.41, 5.74) is 2.84. The van der Waals surface area contributed by atoms with Crippen LogP contribution in [0.2, 0.25) is 10.0 Å². The number of nitrogens with one attached hydrogen (secondary N) is 1. The molecule has 1 N–H and O–H groups in total. The van der Waals surface area contributed by atoms with Crippen molar-refractivity contribution in [2.45, 2.75) is 20.4 Å². The van der Waals surface area contributed by atoms with Crippen molar-refractivity contribution in [3.8, 4) is 0 Å². The molecule has 1 aromatic heterocycles. The molecule has 0 saturated heterocycles. The van der Waals surface area contributed by atoms with Gasteiger partial charge in [0.1, 0.15) is 6.54 Å². The van der Waals surface area contributed by atoms with Gasteiger partial charge < -0.3 is 5.32 Å². The number of fused-ring (bicyclic) bond motifs is 1. The largest absolute Gasteiger partial charge is 0.323 e. The summed E-state index contributed by atoms with van der Waals surface area (Å²) in [7, 11) is 0. The number of halogens is 2. The fourth-order valence-corrected chi connectivity index (χ4v) is 3.32. The highest BCUT2D eigenvalue weighted by Gasteiger charge is 2.13. The fraction of sp³-hybridized carbons (Fsp3) is 0.158. The molecular formula is C19H16Cl2N2O2. The number of rotatable bonds is 3. The molecule has 2 aromatic carbocycles. The summed E-state index contributed by atoms with van der Waals surface area (Å²) < 4.78 is 1.48. The minimum absolute atomic E-state index is 0.0978. The average molecular weight is 375 g/mol. The second-order valence-corrected chi connectivity index (χ2v) is 6.74. The van der Waals surface area contributed by atoms with Gasteiger partial charge >= 0.3 is 0 Å². The van der Waals surface area contributed by atoms with Crippen LogP contribution in [0.1, 0.15) is 11.1 Å². The number of anilines is 1. The third-order valence-electron chi connectivity index (χ3n) is 4.05. The first-order valence-corrected chi connectivity index (χ1v) is 8.47. The maximum absolute atomic E-state index is 12.4. The Morgan fingerprint density at radius 1 is 1.08 bits per heavy atom. The maximum Gasteiger partial charge on any atom is 0.251 e. The molecule has 25 heavy (non-hydrogen) atoms. The average Bonchev–Trinajstić information content (AvgIpc) is 2.54. The number of aromatic nitrogens is 1. The van der Waals surface area contributed by atoms with Gasteiger partial charge in [-0.25, -0.2) is 0 Å². The molecule has 0 fully saturated rings. The first-order valence-electron chi connectivity index (χ1n) is 7.71. The van der Waals surface area contributed by atoms with Crippen molar-refractivity contribution < 1.29 is 4.79 Å². The van der Waals surface area contributed by atoms with Crippen LogP contribution in [0.3, 0.4) is 0 Å². The Morgan fingerprint density at radius 2 is 1.84 bits per heavy atom. The zero-order chi connectivity index (χ0) is 18.1. The quantitative estimate of drug-likeness (QED) is 0.730. The number of hydrogen-bond acceptors (Lipinski definition) is 2. The second-order valence-electron chi connectivity index (χ2n) is 5.90. The van der Waals surface area contributed by atoms with E-state index < -0.39 is 0 Å². The Bertz CT molecular complexity index is 1040. The molecule has 0 aliphatic carbocycles. The highest BCUT2D eigenvalue weighted by atomic mass is 35.5. The third-order valence-corrected chi connectivity index (χ3v) is 4.59. The summed E-state index contributed by atoms with van der Waals surface area (Å²) in [5.74, 6) is -0.334. The van der Waals surface area contributed by atoms with Gasteiger partial charge in [-0.1, -0.05) is 41.4 Å². The molecular weight excluding hydrogens is 359 g/mol. The number of aryl methyl sites for hydroxylation is 2. The highest BCUT2D eigenvalue weighted by Crippen LogP contribution is 2.25. The molecule has 1 amide bonds. The molecule has 0 radical (unpaired) electrons. The van der Waals surface area contributed by atoms with Crippen molar-refractivity contribution in [3.63, 3.8) is 0 Å². The van der Waals surface area contributed by atoms with Crippen molar-refractivity contribution in [2.24, 2.45) is 0 Å². The van der Waals surface area contributed by atoms with Crippen LogP contribution in [0.25, 0.3) is 10.9 Å². The van der Waals surface area contributed by atoms with Crippen molar-refractivity contribution >= 4 is 45.7 Å². The van der Waals surface area contributed by atoms with E-state index in [1.165, 1.54) is 4.57 Å². The molecule has 3 rings (SSSR count). The minimum Gasteiger partial charge on any atom is -0.323 e. The predicted octanol–water partition coefficient (Wildman–Crippen LogP) is 4.56. The van der Waals surface area contributed by atoms with E-state index in [9.17, 15) is 9.59 Å². The van der Waals surface area contributed by atoms with Crippen molar-refractivity contribution in [1.29, 1.82) is 0 Å². The number of pyridine rings is 1. The molecule has 0 saturated carbocycles. The third kappa shape index (κ3) is 3.55. The Labute approximate surface area is 155 Å². The molecule has 0 bridgehead atoms. The lowest BCUT2D eigenvalue weighted by molar-refractivity contribution is -0.116. The Hall–Kier alpha value is -2.30. The topological polar surface area (TPSA) is 51.1 Å². The molecule has 0 spiro atoms. The van der Waals surface area contributed by atoms with E-state index in [-0.39, 0.29) is 18.0 Å². The van der Waals surface area contributed by atoms with Gasteiger partial charge in [0.25, 0.3) is 5.56 Å². The van der Waals surface area contributed by atoms with E-state index >= 15 is 0 Å². The van der Waals surface area contributed by atoms with Crippen molar-refractivity contribution in [2.75, 3.05) is 5.32 Å². The smallest absolute Gasteiger partial charge is 0.251 e. The normalized spacial score (nSPS) is 10.9. The monoisotopic (exact) mass is 374 g/mol. The molecule has 0 aliphatic rings. The molecule has 0 atom stereocenters. The zero-order valence-corrected chi connectivity index (χ0v) is 15.3. The number of carbonyl (C=O) groups is 1. The van der Waals surface area contributed by atoms with Crippen LogP contribution in [0, 0.1) is 13.8 Å². The summed E-state index contributed by atoms with van der Waals surface area (Å²) in [5, 5.41) is 4.51. The standard InChI is InChI=1S/C19H16Cl2N2O2/c1-11-4-3-5-14-12(2)8-18(25)23(19(11)14)10-17(24)22-16-7-6-13(20)9-15(16)21/h3-9H,10H2,1-2H3,(H,22,24). The number of hydrogen-bond donors (Lipinski definition) is 1. The van der Waals surface area contributed by atoms with Gasteiger partial charge in [-0.05, 0) is 43.2 Å². The summed E-state index contributed by atoms with van der Waals surface area (Å²) in [6, 6.07) is 12.2. The summed E-state index contributed by atoms with van der Waals surface area (Å²) in [6.45, 7) is 3.71. The van der Waals surface area contributed by atoms with Crippen LogP contribution in [0.4, 0.5) is 5.69 Å². The van der Waals surface area contributed by atoms with Crippen LogP contribution in [0.15, 0.2) is 47.3 Å². The van der Waals surface area contributed by atoms with E-state index in [4.69, 9.17) is 23.2 Å². The lowest BCUT2D eigenvalue weighted by atomic mass is 10.1. The Morgan fingerprint density at radius 3 is 2.56 bits per heavy atom. The first-order chi connectivity index (χ1) is 11.9. The number of benzene rings is 2. The number of para-hydroxylation sites is 1. The van der Waals surface area contributed by atoms with Gasteiger partial charge in [0.2, 0.25) is 5.91 Å². The predicted molar refractivity (Wildman–Crippen MR) is 103 cm³/mol. The zero-order valence-electron chi connectivity index (χ0n) is 13.8. The summed E-state index contributed by atoms with van der Waals surface area (Å²) >= 11 is 11.9. The van der Waals surface area contributed by atoms with Crippen LogP contribution < -0.4 is 10.9 Å². The first kappa shape index (κ1) is 17.5. The van der Waals surface area contributed by atoms with E-state index in [1.54, 1.807) is 24.3 Å². The van der Waals surface area contributed by atoms with Crippen LogP contribution in [-0.4, -0.2) is 10.5 Å². The van der Waals surface area contributed by atoms with E-state index in [2.05, 4.69) is 5.32 Å². The van der Waals surface area contributed by atoms with Crippen molar-refractivity contribution in [3.05, 3.63) is 74.0 Å². The van der Waals surface area contributed by atoms with E-state index in [0.717, 1.165) is 22.0 Å². The van der Waals surface area contributed by atoms with Gasteiger partial charge in [-0.2, -0.15) is 0 Å². The number of carbonyl (C=O) groups excluding carboxylic acids is 1. The Balaban J connectivity index is 1.98. The minimum atomic E-state index is -0.334. The van der Waals surface area contributed by atoms with Gasteiger partial charge in [-0.3, -0.25) is 14.2 Å². The Kier molecular flexibility index (Phi) is 4.84. The maximum atomic E-state index is 12.4. The van der Waals surface area contributed by atoms with Crippen molar-refractivity contribution in [1.82, 2.24) is 4.57 Å². The molecule has 0 aliphatic heterocycles. The SMILES string of the molecule is Cc1cc(=O)n(CC(=O)Nc2ccc(Cl)cc2Cl)c2c(C)cccc12. The molecule has 3 aromatic rings. The van der Waals surface area contributed by atoms with Gasteiger partial charge in [0.05, 0.1) is 16.2 Å². The number of nitrogens with zero attached hydrogens (tertiary/aromatic N) is 1.